The maximum absolute atomic E-state index is 6.20. The Bertz CT molecular complexity index is 745. The van der Waals surface area contributed by atoms with Gasteiger partial charge in [-0.05, 0) is 35.9 Å². The number of aromatic nitrogens is 2. The molecule has 0 bridgehead atoms. The number of hydrogen-bond acceptors (Lipinski definition) is 4. The number of ether oxygens (including phenoxy) is 1. The van der Waals surface area contributed by atoms with Crippen molar-refractivity contribution in [3.05, 3.63) is 64.5 Å². The Labute approximate surface area is 131 Å². The van der Waals surface area contributed by atoms with Crippen LogP contribution >= 0.6 is 23.2 Å². The van der Waals surface area contributed by atoms with Gasteiger partial charge in [-0.15, -0.1) is 10.2 Å². The Morgan fingerprint density at radius 3 is 2.71 bits per heavy atom. The lowest BCUT2D eigenvalue weighted by molar-refractivity contribution is 0.306. The van der Waals surface area contributed by atoms with E-state index in [1.54, 1.807) is 12.1 Å². The zero-order chi connectivity index (χ0) is 14.7. The molecule has 106 valence electrons. The normalized spacial score (nSPS) is 10.6. The first-order valence-corrected chi connectivity index (χ1v) is 6.91. The van der Waals surface area contributed by atoms with E-state index in [9.17, 15) is 0 Å². The summed E-state index contributed by atoms with van der Waals surface area (Å²) in [7, 11) is 0. The van der Waals surface area contributed by atoms with Crippen LogP contribution in [0.25, 0.3) is 11.5 Å². The molecule has 0 fully saturated rings. The average Bonchev–Trinajstić information content (AvgIpc) is 3.00. The van der Waals surface area contributed by atoms with E-state index in [2.05, 4.69) is 10.2 Å². The molecule has 0 amide bonds. The molecular weight excluding hydrogens is 311 g/mol. The zero-order valence-electron chi connectivity index (χ0n) is 10.8. The van der Waals surface area contributed by atoms with E-state index < -0.39 is 0 Å². The molecule has 0 saturated heterocycles. The molecule has 1 heterocycles. The predicted octanol–water partition coefficient (Wildman–Crippen LogP) is 4.62. The van der Waals surface area contributed by atoms with Crippen LogP contribution in [0.4, 0.5) is 0 Å². The monoisotopic (exact) mass is 320 g/mol. The van der Waals surface area contributed by atoms with Crippen molar-refractivity contribution in [2.75, 3.05) is 0 Å². The fourth-order valence-corrected chi connectivity index (χ4v) is 2.29. The number of benzene rings is 2. The van der Waals surface area contributed by atoms with E-state index in [0.717, 1.165) is 11.1 Å². The molecule has 0 aliphatic carbocycles. The molecule has 0 radical (unpaired) electrons. The second-order valence-electron chi connectivity index (χ2n) is 4.31. The summed E-state index contributed by atoms with van der Waals surface area (Å²) in [6.07, 6.45) is 1.27. The second kappa shape index (κ2) is 6.16. The largest absolute Gasteiger partial charge is 0.487 e. The van der Waals surface area contributed by atoms with E-state index in [1.165, 1.54) is 6.39 Å². The molecular formula is C15H10Cl2N2O2. The van der Waals surface area contributed by atoms with Gasteiger partial charge < -0.3 is 9.15 Å². The summed E-state index contributed by atoms with van der Waals surface area (Å²) in [5.74, 6) is 0.998. The molecule has 0 N–H and O–H groups in total. The molecule has 0 atom stereocenters. The lowest BCUT2D eigenvalue weighted by Gasteiger charge is -2.09. The minimum atomic E-state index is 0.389. The third kappa shape index (κ3) is 3.35. The van der Waals surface area contributed by atoms with Gasteiger partial charge in [0.25, 0.3) is 0 Å². The minimum Gasteiger partial charge on any atom is -0.487 e. The predicted molar refractivity (Wildman–Crippen MR) is 80.5 cm³/mol. The first kappa shape index (κ1) is 13.9. The zero-order valence-corrected chi connectivity index (χ0v) is 12.3. The van der Waals surface area contributed by atoms with Crippen molar-refractivity contribution in [1.29, 1.82) is 0 Å². The summed E-state index contributed by atoms with van der Waals surface area (Å²) in [6, 6.07) is 12.8. The first-order chi connectivity index (χ1) is 10.2. The third-order valence-corrected chi connectivity index (χ3v) is 3.35. The van der Waals surface area contributed by atoms with Gasteiger partial charge in [-0.25, -0.2) is 0 Å². The standard InChI is InChI=1S/C15H10Cl2N2O2/c16-12-3-1-2-10(6-12)8-20-14-5-4-11(7-13(14)17)15-19-18-9-21-15/h1-7,9H,8H2. The molecule has 4 nitrogen and oxygen atoms in total. The molecule has 3 rings (SSSR count). The van der Waals surface area contributed by atoms with Gasteiger partial charge in [0.05, 0.1) is 5.02 Å². The smallest absolute Gasteiger partial charge is 0.247 e. The highest BCUT2D eigenvalue weighted by Crippen LogP contribution is 2.30. The lowest BCUT2D eigenvalue weighted by Crippen LogP contribution is -1.96. The molecule has 0 spiro atoms. The van der Waals surface area contributed by atoms with E-state index in [-0.39, 0.29) is 0 Å². The molecule has 21 heavy (non-hydrogen) atoms. The molecule has 1 aromatic heterocycles. The highest BCUT2D eigenvalue weighted by molar-refractivity contribution is 6.32. The van der Waals surface area contributed by atoms with E-state index >= 15 is 0 Å². The summed E-state index contributed by atoms with van der Waals surface area (Å²) in [4.78, 5) is 0. The molecule has 0 aliphatic heterocycles. The quantitative estimate of drug-likeness (QED) is 0.703. The Kier molecular flexibility index (Phi) is 4.08. The van der Waals surface area contributed by atoms with Gasteiger partial charge in [0.15, 0.2) is 0 Å². The Morgan fingerprint density at radius 2 is 2.00 bits per heavy atom. The van der Waals surface area contributed by atoms with Crippen molar-refractivity contribution < 1.29 is 9.15 Å². The Morgan fingerprint density at radius 1 is 1.10 bits per heavy atom. The van der Waals surface area contributed by atoms with Crippen LogP contribution in [-0.2, 0) is 6.61 Å². The minimum absolute atomic E-state index is 0.389. The van der Waals surface area contributed by atoms with Crippen molar-refractivity contribution in [2.45, 2.75) is 6.61 Å². The van der Waals surface area contributed by atoms with E-state index in [4.69, 9.17) is 32.4 Å². The van der Waals surface area contributed by atoms with Crippen LogP contribution in [-0.4, -0.2) is 10.2 Å². The lowest BCUT2D eigenvalue weighted by atomic mass is 10.2. The van der Waals surface area contributed by atoms with Crippen molar-refractivity contribution in [3.8, 4) is 17.2 Å². The average molecular weight is 321 g/mol. The first-order valence-electron chi connectivity index (χ1n) is 6.16. The van der Waals surface area contributed by atoms with Gasteiger partial charge in [0.1, 0.15) is 12.4 Å². The number of nitrogens with zero attached hydrogens (tertiary/aromatic N) is 2. The summed E-state index contributed by atoms with van der Waals surface area (Å²) < 4.78 is 10.8. The highest BCUT2D eigenvalue weighted by atomic mass is 35.5. The van der Waals surface area contributed by atoms with Gasteiger partial charge >= 0.3 is 0 Å². The van der Waals surface area contributed by atoms with Crippen molar-refractivity contribution >= 4 is 23.2 Å². The van der Waals surface area contributed by atoms with Crippen LogP contribution in [0.1, 0.15) is 5.56 Å². The van der Waals surface area contributed by atoms with Crippen LogP contribution in [0.3, 0.4) is 0 Å². The van der Waals surface area contributed by atoms with Crippen LogP contribution in [0.15, 0.2) is 53.3 Å². The summed E-state index contributed by atoms with van der Waals surface area (Å²) in [6.45, 7) is 0.389. The van der Waals surface area contributed by atoms with Crippen LogP contribution in [0, 0.1) is 0 Å². The topological polar surface area (TPSA) is 48.2 Å². The fraction of sp³-hybridized carbons (Fsp3) is 0.0667. The number of halogens is 2. The third-order valence-electron chi connectivity index (χ3n) is 2.82. The maximum atomic E-state index is 6.20. The Hall–Kier alpha value is -2.04. The summed E-state index contributed by atoms with van der Waals surface area (Å²) in [5.41, 5.74) is 1.71. The van der Waals surface area contributed by atoms with Gasteiger partial charge in [0.2, 0.25) is 12.3 Å². The fourth-order valence-electron chi connectivity index (χ4n) is 1.84. The molecule has 0 saturated carbocycles. The van der Waals surface area contributed by atoms with Crippen LogP contribution in [0.5, 0.6) is 5.75 Å². The summed E-state index contributed by atoms with van der Waals surface area (Å²) >= 11 is 12.1. The van der Waals surface area contributed by atoms with Gasteiger partial charge in [-0.1, -0.05) is 35.3 Å². The molecule has 0 aliphatic rings. The van der Waals surface area contributed by atoms with Crippen molar-refractivity contribution in [2.24, 2.45) is 0 Å². The molecule has 6 heteroatoms. The number of rotatable bonds is 4. The summed E-state index contributed by atoms with van der Waals surface area (Å²) in [5, 5.41) is 8.62. The van der Waals surface area contributed by atoms with E-state index in [0.29, 0.717) is 28.3 Å². The second-order valence-corrected chi connectivity index (χ2v) is 5.15. The van der Waals surface area contributed by atoms with Gasteiger partial charge in [-0.2, -0.15) is 0 Å². The number of hydrogen-bond donors (Lipinski definition) is 0. The highest BCUT2D eigenvalue weighted by Gasteiger charge is 2.08. The van der Waals surface area contributed by atoms with Crippen molar-refractivity contribution in [3.63, 3.8) is 0 Å². The van der Waals surface area contributed by atoms with Gasteiger partial charge in [0, 0.05) is 10.6 Å². The molecule has 0 unspecified atom stereocenters. The van der Waals surface area contributed by atoms with Crippen molar-refractivity contribution in [1.82, 2.24) is 10.2 Å². The van der Waals surface area contributed by atoms with Crippen LogP contribution < -0.4 is 4.74 Å². The Balaban J connectivity index is 1.74. The van der Waals surface area contributed by atoms with E-state index in [1.807, 2.05) is 30.3 Å². The SMILES string of the molecule is Clc1cccc(COc2ccc(-c3nnco3)cc2Cl)c1. The van der Waals surface area contributed by atoms with Crippen LogP contribution in [0.2, 0.25) is 10.0 Å². The van der Waals surface area contributed by atoms with Gasteiger partial charge in [-0.3, -0.25) is 0 Å². The molecule has 3 aromatic rings. The maximum Gasteiger partial charge on any atom is 0.247 e. The molecule has 2 aromatic carbocycles.